The third-order valence-electron chi connectivity index (χ3n) is 3.54. The summed E-state index contributed by atoms with van der Waals surface area (Å²) >= 11 is 2.98. The molecule has 0 amide bonds. The molecule has 0 radical (unpaired) electrons. The van der Waals surface area contributed by atoms with E-state index in [9.17, 15) is 10.5 Å². The van der Waals surface area contributed by atoms with Gasteiger partial charge in [0, 0.05) is 10.6 Å². The van der Waals surface area contributed by atoms with Gasteiger partial charge in [-0.25, -0.2) is 0 Å². The summed E-state index contributed by atoms with van der Waals surface area (Å²) in [4.78, 5) is 2.40. The molecular weight excluding hydrogens is 378 g/mol. The van der Waals surface area contributed by atoms with Crippen molar-refractivity contribution in [2.75, 3.05) is 24.7 Å². The molecule has 0 saturated heterocycles. The molecule has 7 heteroatoms. The molecule has 0 aliphatic heterocycles. The Morgan fingerprint density at radius 2 is 1.48 bits per heavy atom. The predicted octanol–water partition coefficient (Wildman–Crippen LogP) is 5.07. The highest BCUT2D eigenvalue weighted by molar-refractivity contribution is 8.02. The highest BCUT2D eigenvalue weighted by Crippen LogP contribution is 2.51. The van der Waals surface area contributed by atoms with Crippen LogP contribution in [0.25, 0.3) is 0 Å². The minimum absolute atomic E-state index is 0.195. The smallest absolute Gasteiger partial charge is 0.153 e. The lowest BCUT2D eigenvalue weighted by molar-refractivity contribution is 0.314. The van der Waals surface area contributed by atoms with Gasteiger partial charge >= 0.3 is 0 Å². The van der Waals surface area contributed by atoms with Gasteiger partial charge in [0.05, 0.1) is 23.0 Å². The summed E-state index contributed by atoms with van der Waals surface area (Å²) < 4.78 is 11.6. The maximum Gasteiger partial charge on any atom is 0.153 e. The molecule has 0 fully saturated rings. The van der Waals surface area contributed by atoms with Crippen molar-refractivity contribution in [3.8, 4) is 23.6 Å². The molecule has 2 N–H and O–H groups in total. The zero-order chi connectivity index (χ0) is 19.8. The van der Waals surface area contributed by atoms with Crippen LogP contribution in [-0.4, -0.2) is 19.0 Å². The van der Waals surface area contributed by atoms with Crippen LogP contribution in [0.5, 0.6) is 11.5 Å². The van der Waals surface area contributed by atoms with Crippen LogP contribution >= 0.6 is 23.5 Å². The van der Waals surface area contributed by atoms with Crippen molar-refractivity contribution in [3.63, 3.8) is 0 Å². The fraction of sp³-hybridized carbons (Fsp3) is 0.300. The van der Waals surface area contributed by atoms with E-state index in [0.29, 0.717) is 30.4 Å². The summed E-state index contributed by atoms with van der Waals surface area (Å²) in [5.74, 6) is 1.62. The number of anilines is 1. The molecule has 0 bridgehead atoms. The number of ether oxygens (including phenoxy) is 2. The van der Waals surface area contributed by atoms with E-state index in [2.05, 4.69) is 12.1 Å². The lowest BCUT2D eigenvalue weighted by atomic mass is 10.1. The number of nitrogens with zero attached hydrogens (tertiary/aromatic N) is 2. The van der Waals surface area contributed by atoms with Gasteiger partial charge < -0.3 is 15.2 Å². The van der Waals surface area contributed by atoms with Gasteiger partial charge in [-0.3, -0.25) is 0 Å². The minimum atomic E-state index is 0.195. The molecule has 2 aromatic carbocycles. The zero-order valence-corrected chi connectivity index (χ0v) is 17.2. The SMILES string of the molecule is CCOc1c(C#N)c(C#N)c(OCC)c(Sc2ccccc2N)c1SCC. The summed E-state index contributed by atoms with van der Waals surface area (Å²) in [7, 11) is 0. The van der Waals surface area contributed by atoms with E-state index in [0.717, 1.165) is 20.4 Å². The number of rotatable bonds is 8. The van der Waals surface area contributed by atoms with Crippen LogP contribution in [0, 0.1) is 22.7 Å². The second kappa shape index (κ2) is 10.0. The number of nitrogen functional groups attached to an aromatic ring is 1. The zero-order valence-electron chi connectivity index (χ0n) is 15.5. The third-order valence-corrected chi connectivity index (χ3v) is 5.82. The highest BCUT2D eigenvalue weighted by atomic mass is 32.2. The Balaban J connectivity index is 2.84. The quantitative estimate of drug-likeness (QED) is 0.489. The summed E-state index contributed by atoms with van der Waals surface area (Å²) in [6.45, 7) is 6.49. The summed E-state index contributed by atoms with van der Waals surface area (Å²) in [6.07, 6.45) is 0. The average Bonchev–Trinajstić information content (AvgIpc) is 2.67. The van der Waals surface area contributed by atoms with Gasteiger partial charge in [-0.1, -0.05) is 30.8 Å². The number of benzene rings is 2. The lowest BCUT2D eigenvalue weighted by Crippen LogP contribution is -2.05. The summed E-state index contributed by atoms with van der Waals surface area (Å²) in [5, 5.41) is 19.4. The first-order valence-electron chi connectivity index (χ1n) is 8.57. The molecule has 0 aromatic heterocycles. The normalized spacial score (nSPS) is 10.1. The standard InChI is InChI=1S/C20H21N3O2S2/c1-4-24-17-13(11-21)14(12-22)18(25-5-2)20(19(17)26-6-3)27-16-10-8-7-9-15(16)23/h7-10H,4-6,23H2,1-3H3. The van der Waals surface area contributed by atoms with Crippen LogP contribution in [0.3, 0.4) is 0 Å². The largest absolute Gasteiger partial charge is 0.491 e. The molecule has 140 valence electrons. The second-order valence-corrected chi connectivity index (χ2v) is 7.56. The van der Waals surface area contributed by atoms with Crippen LogP contribution in [0.15, 0.2) is 39.0 Å². The third kappa shape index (κ3) is 4.44. The number of nitrogens with two attached hydrogens (primary N) is 1. The van der Waals surface area contributed by atoms with E-state index in [-0.39, 0.29) is 11.1 Å². The molecule has 0 aliphatic rings. The number of para-hydroxylation sites is 1. The van der Waals surface area contributed by atoms with Gasteiger partial charge in [0.15, 0.2) is 11.5 Å². The maximum absolute atomic E-state index is 9.74. The van der Waals surface area contributed by atoms with Crippen molar-refractivity contribution < 1.29 is 9.47 Å². The van der Waals surface area contributed by atoms with Gasteiger partial charge in [0.2, 0.25) is 0 Å². The van der Waals surface area contributed by atoms with E-state index in [1.807, 2.05) is 45.0 Å². The lowest BCUT2D eigenvalue weighted by Gasteiger charge is -2.21. The number of nitriles is 2. The fourth-order valence-corrected chi connectivity index (χ4v) is 4.59. The number of hydrogen-bond donors (Lipinski definition) is 1. The Labute approximate surface area is 168 Å². The van der Waals surface area contributed by atoms with E-state index >= 15 is 0 Å². The van der Waals surface area contributed by atoms with Gasteiger partial charge in [-0.15, -0.1) is 11.8 Å². The molecule has 0 aliphatic carbocycles. The fourth-order valence-electron chi connectivity index (χ4n) is 2.49. The Morgan fingerprint density at radius 3 is 1.96 bits per heavy atom. The topological polar surface area (TPSA) is 92.1 Å². The van der Waals surface area contributed by atoms with Gasteiger partial charge in [0.1, 0.15) is 23.3 Å². The van der Waals surface area contributed by atoms with Gasteiger partial charge in [-0.2, -0.15) is 10.5 Å². The van der Waals surface area contributed by atoms with Crippen LogP contribution < -0.4 is 15.2 Å². The molecule has 27 heavy (non-hydrogen) atoms. The Bertz CT molecular complexity index is 902. The van der Waals surface area contributed by atoms with Crippen LogP contribution in [0.4, 0.5) is 5.69 Å². The van der Waals surface area contributed by atoms with Crippen LogP contribution in [0.1, 0.15) is 31.9 Å². The molecule has 0 atom stereocenters. The first-order chi connectivity index (χ1) is 13.1. The van der Waals surface area contributed by atoms with Crippen molar-refractivity contribution in [3.05, 3.63) is 35.4 Å². The first-order valence-corrected chi connectivity index (χ1v) is 10.4. The van der Waals surface area contributed by atoms with Crippen molar-refractivity contribution >= 4 is 29.2 Å². The van der Waals surface area contributed by atoms with Gasteiger partial charge in [-0.05, 0) is 31.7 Å². The average molecular weight is 400 g/mol. The predicted molar refractivity (Wildman–Crippen MR) is 110 cm³/mol. The van der Waals surface area contributed by atoms with Crippen molar-refractivity contribution in [2.24, 2.45) is 0 Å². The van der Waals surface area contributed by atoms with E-state index in [1.165, 1.54) is 11.8 Å². The Kier molecular flexibility index (Phi) is 7.72. The molecule has 2 rings (SSSR count). The van der Waals surface area contributed by atoms with Crippen LogP contribution in [-0.2, 0) is 0 Å². The van der Waals surface area contributed by atoms with Gasteiger partial charge in [0.25, 0.3) is 0 Å². The van der Waals surface area contributed by atoms with Crippen molar-refractivity contribution in [2.45, 2.75) is 35.5 Å². The summed E-state index contributed by atoms with van der Waals surface area (Å²) in [6, 6.07) is 11.8. The maximum atomic E-state index is 9.74. The Hall–Kier alpha value is -2.48. The highest BCUT2D eigenvalue weighted by Gasteiger charge is 2.27. The second-order valence-electron chi connectivity index (χ2n) is 5.23. The van der Waals surface area contributed by atoms with Crippen molar-refractivity contribution in [1.29, 1.82) is 10.5 Å². The van der Waals surface area contributed by atoms with E-state index < -0.39 is 0 Å². The molecule has 5 nitrogen and oxygen atoms in total. The molecule has 2 aromatic rings. The number of hydrogen-bond acceptors (Lipinski definition) is 7. The number of thioether (sulfide) groups is 1. The molecule has 0 saturated carbocycles. The summed E-state index contributed by atoms with van der Waals surface area (Å²) in [5.41, 5.74) is 7.17. The Morgan fingerprint density at radius 1 is 0.926 bits per heavy atom. The minimum Gasteiger partial charge on any atom is -0.491 e. The monoisotopic (exact) mass is 399 g/mol. The molecule has 0 unspecified atom stereocenters. The van der Waals surface area contributed by atoms with E-state index in [1.54, 1.807) is 11.8 Å². The van der Waals surface area contributed by atoms with Crippen molar-refractivity contribution in [1.82, 2.24) is 0 Å². The first kappa shape index (κ1) is 20.8. The van der Waals surface area contributed by atoms with Crippen LogP contribution in [0.2, 0.25) is 0 Å². The molecular formula is C20H21N3O2S2. The molecule has 0 spiro atoms. The molecule has 0 heterocycles. The van der Waals surface area contributed by atoms with E-state index in [4.69, 9.17) is 15.2 Å².